The summed E-state index contributed by atoms with van der Waals surface area (Å²) in [6.45, 7) is 1.80. The van der Waals surface area contributed by atoms with Crippen molar-refractivity contribution < 1.29 is 14.0 Å². The molecule has 1 atom stereocenters. The zero-order valence-electron chi connectivity index (χ0n) is 9.04. The number of amides is 3. The van der Waals surface area contributed by atoms with Gasteiger partial charge in [0.1, 0.15) is 5.82 Å². The second-order valence-corrected chi connectivity index (χ2v) is 4.34. The average molecular weight is 257 g/mol. The molecule has 1 aromatic carbocycles. The lowest BCUT2D eigenvalue weighted by Crippen LogP contribution is -2.54. The lowest BCUT2D eigenvalue weighted by Gasteiger charge is -2.30. The number of carbonyl (C=O) groups is 2. The Kier molecular flexibility index (Phi) is 3.02. The van der Waals surface area contributed by atoms with Crippen LogP contribution in [0.1, 0.15) is 6.92 Å². The SMILES string of the molecule is CC1CN(c2cc(Cl)ccc2F)C(=O)NC1=O. The highest BCUT2D eigenvalue weighted by atomic mass is 35.5. The van der Waals surface area contributed by atoms with Gasteiger partial charge >= 0.3 is 6.03 Å². The van der Waals surface area contributed by atoms with Gasteiger partial charge in [-0.25, -0.2) is 9.18 Å². The van der Waals surface area contributed by atoms with Crippen molar-refractivity contribution in [2.45, 2.75) is 6.92 Å². The number of nitrogens with one attached hydrogen (secondary N) is 1. The van der Waals surface area contributed by atoms with Crippen LogP contribution in [0.4, 0.5) is 14.9 Å². The summed E-state index contributed by atoms with van der Waals surface area (Å²) in [5, 5.41) is 2.49. The molecule has 1 aromatic rings. The topological polar surface area (TPSA) is 49.4 Å². The first-order valence-corrected chi connectivity index (χ1v) is 5.44. The van der Waals surface area contributed by atoms with Crippen LogP contribution in [0.5, 0.6) is 0 Å². The number of halogens is 2. The third-order valence-electron chi connectivity index (χ3n) is 2.58. The van der Waals surface area contributed by atoms with Gasteiger partial charge in [-0.05, 0) is 18.2 Å². The highest BCUT2D eigenvalue weighted by Crippen LogP contribution is 2.25. The molecule has 4 nitrogen and oxygen atoms in total. The molecule has 0 radical (unpaired) electrons. The van der Waals surface area contributed by atoms with Crippen molar-refractivity contribution in [3.63, 3.8) is 0 Å². The van der Waals surface area contributed by atoms with E-state index in [0.717, 1.165) is 0 Å². The van der Waals surface area contributed by atoms with Crippen LogP contribution in [0.15, 0.2) is 18.2 Å². The van der Waals surface area contributed by atoms with E-state index in [1.165, 1.54) is 23.1 Å². The van der Waals surface area contributed by atoms with Gasteiger partial charge in [-0.2, -0.15) is 0 Å². The number of nitrogens with zero attached hydrogens (tertiary/aromatic N) is 1. The summed E-state index contributed by atoms with van der Waals surface area (Å²) in [7, 11) is 0. The molecule has 2 rings (SSSR count). The number of hydrogen-bond acceptors (Lipinski definition) is 2. The van der Waals surface area contributed by atoms with Gasteiger partial charge in [-0.15, -0.1) is 0 Å². The van der Waals surface area contributed by atoms with Crippen LogP contribution < -0.4 is 10.2 Å². The molecule has 0 aromatic heterocycles. The number of imide groups is 1. The maximum Gasteiger partial charge on any atom is 0.328 e. The number of rotatable bonds is 1. The van der Waals surface area contributed by atoms with Crippen molar-refractivity contribution in [1.29, 1.82) is 0 Å². The molecule has 1 heterocycles. The smallest absolute Gasteiger partial charge is 0.290 e. The molecule has 1 aliphatic rings. The summed E-state index contributed by atoms with van der Waals surface area (Å²) in [6, 6.07) is 3.32. The van der Waals surface area contributed by atoms with Gasteiger partial charge in [0, 0.05) is 11.6 Å². The number of anilines is 1. The second kappa shape index (κ2) is 4.33. The number of hydrogen-bond donors (Lipinski definition) is 1. The maximum absolute atomic E-state index is 13.6. The predicted octanol–water partition coefficient (Wildman–Crippen LogP) is 2.17. The minimum atomic E-state index is -0.630. The summed E-state index contributed by atoms with van der Waals surface area (Å²) in [5.74, 6) is -1.29. The summed E-state index contributed by atoms with van der Waals surface area (Å²) in [4.78, 5) is 24.0. The first kappa shape index (κ1) is 11.9. The van der Waals surface area contributed by atoms with Gasteiger partial charge in [0.05, 0.1) is 11.6 Å². The summed E-state index contributed by atoms with van der Waals surface area (Å²) < 4.78 is 13.6. The lowest BCUT2D eigenvalue weighted by atomic mass is 10.1. The Labute approximate surface area is 102 Å². The van der Waals surface area contributed by atoms with Gasteiger partial charge in [0.25, 0.3) is 0 Å². The number of urea groups is 1. The van der Waals surface area contributed by atoms with E-state index in [4.69, 9.17) is 11.6 Å². The van der Waals surface area contributed by atoms with Crippen molar-refractivity contribution in [3.05, 3.63) is 29.0 Å². The Morgan fingerprint density at radius 1 is 1.47 bits per heavy atom. The Balaban J connectivity index is 2.36. The molecule has 3 amide bonds. The van der Waals surface area contributed by atoms with E-state index in [1.54, 1.807) is 6.92 Å². The van der Waals surface area contributed by atoms with Crippen molar-refractivity contribution in [2.24, 2.45) is 5.92 Å². The van der Waals surface area contributed by atoms with Crippen LogP contribution >= 0.6 is 11.6 Å². The third kappa shape index (κ3) is 2.24. The van der Waals surface area contributed by atoms with E-state index in [0.29, 0.717) is 5.02 Å². The fourth-order valence-corrected chi connectivity index (χ4v) is 1.80. The maximum atomic E-state index is 13.6. The van der Waals surface area contributed by atoms with Crippen molar-refractivity contribution in [2.75, 3.05) is 11.4 Å². The summed E-state index contributed by atoms with van der Waals surface area (Å²) in [5.41, 5.74) is 0.0781. The Morgan fingerprint density at radius 3 is 2.88 bits per heavy atom. The molecule has 17 heavy (non-hydrogen) atoms. The highest BCUT2D eigenvalue weighted by molar-refractivity contribution is 6.31. The first-order valence-electron chi connectivity index (χ1n) is 5.06. The molecule has 0 saturated carbocycles. The van der Waals surface area contributed by atoms with E-state index >= 15 is 0 Å². The molecule has 1 N–H and O–H groups in total. The number of carbonyl (C=O) groups excluding carboxylic acids is 2. The normalized spacial score (nSPS) is 20.4. The molecule has 1 aliphatic heterocycles. The fraction of sp³-hybridized carbons (Fsp3) is 0.273. The van der Waals surface area contributed by atoms with Gasteiger partial charge < -0.3 is 0 Å². The van der Waals surface area contributed by atoms with E-state index in [2.05, 4.69) is 5.32 Å². The third-order valence-corrected chi connectivity index (χ3v) is 2.81. The monoisotopic (exact) mass is 256 g/mol. The molecular formula is C11H10ClFN2O2. The number of benzene rings is 1. The molecule has 90 valence electrons. The van der Waals surface area contributed by atoms with E-state index in [-0.39, 0.29) is 24.1 Å². The molecular weight excluding hydrogens is 247 g/mol. The Hall–Kier alpha value is -1.62. The standard InChI is InChI=1S/C11H10ClFN2O2/c1-6-5-15(11(17)14-10(6)16)9-4-7(12)2-3-8(9)13/h2-4,6H,5H2,1H3,(H,14,16,17). The second-order valence-electron chi connectivity index (χ2n) is 3.90. The van der Waals surface area contributed by atoms with E-state index < -0.39 is 11.8 Å². The van der Waals surface area contributed by atoms with Crippen LogP contribution in [0.25, 0.3) is 0 Å². The molecule has 0 spiro atoms. The fourth-order valence-electron chi connectivity index (χ4n) is 1.64. The highest BCUT2D eigenvalue weighted by Gasteiger charge is 2.31. The molecule has 6 heteroatoms. The zero-order chi connectivity index (χ0) is 12.6. The van der Waals surface area contributed by atoms with E-state index in [1.807, 2.05) is 0 Å². The molecule has 1 fully saturated rings. The van der Waals surface area contributed by atoms with Crippen molar-refractivity contribution in [1.82, 2.24) is 5.32 Å². The van der Waals surface area contributed by atoms with Crippen LogP contribution in [-0.4, -0.2) is 18.5 Å². The largest absolute Gasteiger partial charge is 0.328 e. The summed E-state index contributed by atoms with van der Waals surface area (Å²) in [6.07, 6.45) is 0. The quantitative estimate of drug-likeness (QED) is 0.837. The van der Waals surface area contributed by atoms with Crippen LogP contribution in [-0.2, 0) is 4.79 Å². The summed E-state index contributed by atoms with van der Waals surface area (Å²) >= 11 is 5.76. The molecule has 1 saturated heterocycles. The zero-order valence-corrected chi connectivity index (χ0v) is 9.79. The minimum absolute atomic E-state index is 0.0781. The minimum Gasteiger partial charge on any atom is -0.290 e. The van der Waals surface area contributed by atoms with Crippen LogP contribution in [0.2, 0.25) is 5.02 Å². The molecule has 1 unspecified atom stereocenters. The average Bonchev–Trinajstić information content (AvgIpc) is 2.27. The van der Waals surface area contributed by atoms with Crippen LogP contribution in [0, 0.1) is 11.7 Å². The van der Waals surface area contributed by atoms with Gasteiger partial charge in [-0.3, -0.25) is 15.0 Å². The first-order chi connectivity index (χ1) is 7.99. The van der Waals surface area contributed by atoms with Crippen LogP contribution in [0.3, 0.4) is 0 Å². The van der Waals surface area contributed by atoms with Gasteiger partial charge in [-0.1, -0.05) is 18.5 Å². The molecule has 0 aliphatic carbocycles. The van der Waals surface area contributed by atoms with Gasteiger partial charge in [0.15, 0.2) is 0 Å². The predicted molar refractivity (Wildman–Crippen MR) is 61.5 cm³/mol. The Bertz CT molecular complexity index is 492. The lowest BCUT2D eigenvalue weighted by molar-refractivity contribution is -0.123. The Morgan fingerprint density at radius 2 is 2.18 bits per heavy atom. The molecule has 0 bridgehead atoms. The van der Waals surface area contributed by atoms with Crippen molar-refractivity contribution in [3.8, 4) is 0 Å². The van der Waals surface area contributed by atoms with Crippen molar-refractivity contribution >= 4 is 29.2 Å². The van der Waals surface area contributed by atoms with E-state index in [9.17, 15) is 14.0 Å². The van der Waals surface area contributed by atoms with Gasteiger partial charge in [0.2, 0.25) is 5.91 Å².